The van der Waals surface area contributed by atoms with Crippen molar-refractivity contribution >= 4 is 0 Å². The predicted molar refractivity (Wildman–Crippen MR) is 59.4 cm³/mol. The molecule has 2 N–H and O–H groups in total. The summed E-state index contributed by atoms with van der Waals surface area (Å²) in [7, 11) is 0. The fraction of sp³-hybridized carbons (Fsp3) is 0.500. The first-order valence-corrected chi connectivity index (χ1v) is 5.34. The molecule has 1 aromatic rings. The lowest BCUT2D eigenvalue weighted by Gasteiger charge is -2.12. The second-order valence-electron chi connectivity index (χ2n) is 3.84. The Labute approximate surface area is 94.3 Å². The molecule has 0 bridgehead atoms. The fourth-order valence-electron chi connectivity index (χ4n) is 1.43. The molecule has 1 aromatic carbocycles. The zero-order valence-electron chi connectivity index (χ0n) is 9.29. The van der Waals surface area contributed by atoms with Crippen molar-refractivity contribution in [2.24, 2.45) is 0 Å². The van der Waals surface area contributed by atoms with Crippen LogP contribution in [0.1, 0.15) is 30.9 Å². The largest absolute Gasteiger partial charge is 0.396 e. The van der Waals surface area contributed by atoms with E-state index in [2.05, 4.69) is 5.32 Å². The highest BCUT2D eigenvalue weighted by atomic mass is 19.3. The van der Waals surface area contributed by atoms with Gasteiger partial charge in [0.05, 0.1) is 0 Å². The Balaban J connectivity index is 2.50. The molecule has 0 amide bonds. The molecule has 16 heavy (non-hydrogen) atoms. The van der Waals surface area contributed by atoms with Crippen molar-refractivity contribution in [1.29, 1.82) is 0 Å². The molecule has 0 spiro atoms. The second-order valence-corrected chi connectivity index (χ2v) is 3.84. The van der Waals surface area contributed by atoms with E-state index in [1.165, 1.54) is 12.1 Å². The summed E-state index contributed by atoms with van der Waals surface area (Å²) in [6.07, 6.45) is -1.76. The van der Waals surface area contributed by atoms with Gasteiger partial charge in [0.2, 0.25) is 0 Å². The number of alkyl halides is 2. The van der Waals surface area contributed by atoms with E-state index in [4.69, 9.17) is 5.11 Å². The van der Waals surface area contributed by atoms with Gasteiger partial charge in [0.25, 0.3) is 6.43 Å². The van der Waals surface area contributed by atoms with Gasteiger partial charge in [-0.2, -0.15) is 0 Å². The van der Waals surface area contributed by atoms with Crippen LogP contribution in [0.4, 0.5) is 8.78 Å². The van der Waals surface area contributed by atoms with E-state index in [1.54, 1.807) is 6.07 Å². The van der Waals surface area contributed by atoms with Crippen LogP contribution in [0.15, 0.2) is 24.3 Å². The highest BCUT2D eigenvalue weighted by Gasteiger charge is 2.07. The number of rotatable bonds is 6. The quantitative estimate of drug-likeness (QED) is 0.785. The van der Waals surface area contributed by atoms with Crippen molar-refractivity contribution in [2.75, 3.05) is 6.61 Å². The first kappa shape index (κ1) is 13.1. The van der Waals surface area contributed by atoms with E-state index in [-0.39, 0.29) is 18.2 Å². The molecule has 0 saturated carbocycles. The third kappa shape index (κ3) is 4.24. The molecule has 1 atom stereocenters. The van der Waals surface area contributed by atoms with Crippen molar-refractivity contribution in [3.63, 3.8) is 0 Å². The van der Waals surface area contributed by atoms with Gasteiger partial charge in [0.1, 0.15) is 0 Å². The van der Waals surface area contributed by atoms with Gasteiger partial charge in [-0.05, 0) is 25.0 Å². The lowest BCUT2D eigenvalue weighted by molar-refractivity contribution is 0.151. The van der Waals surface area contributed by atoms with Gasteiger partial charge in [-0.3, -0.25) is 0 Å². The smallest absolute Gasteiger partial charge is 0.263 e. The number of nitrogens with one attached hydrogen (secondary N) is 1. The van der Waals surface area contributed by atoms with E-state index in [0.29, 0.717) is 13.0 Å². The molecule has 0 saturated heterocycles. The number of hydrogen-bond donors (Lipinski definition) is 2. The molecule has 0 aliphatic rings. The van der Waals surface area contributed by atoms with Crippen LogP contribution in [-0.2, 0) is 6.54 Å². The maximum absolute atomic E-state index is 12.4. The molecule has 0 aliphatic carbocycles. The van der Waals surface area contributed by atoms with Crippen LogP contribution >= 0.6 is 0 Å². The summed E-state index contributed by atoms with van der Waals surface area (Å²) in [6, 6.07) is 6.55. The van der Waals surface area contributed by atoms with Crippen LogP contribution in [0.5, 0.6) is 0 Å². The van der Waals surface area contributed by atoms with Crippen molar-refractivity contribution < 1.29 is 13.9 Å². The highest BCUT2D eigenvalue weighted by molar-refractivity contribution is 5.24. The Bertz CT molecular complexity index is 318. The normalized spacial score (nSPS) is 13.1. The fourth-order valence-corrected chi connectivity index (χ4v) is 1.43. The highest BCUT2D eigenvalue weighted by Crippen LogP contribution is 2.19. The zero-order valence-corrected chi connectivity index (χ0v) is 9.29. The first-order valence-electron chi connectivity index (χ1n) is 5.34. The summed E-state index contributed by atoms with van der Waals surface area (Å²) in [5, 5.41) is 11.9. The number of hydrogen-bond acceptors (Lipinski definition) is 2. The Morgan fingerprint density at radius 3 is 2.75 bits per heavy atom. The first-order chi connectivity index (χ1) is 7.63. The molecule has 1 unspecified atom stereocenters. The molecule has 2 nitrogen and oxygen atoms in total. The van der Waals surface area contributed by atoms with Crippen LogP contribution < -0.4 is 5.32 Å². The summed E-state index contributed by atoms with van der Waals surface area (Å²) < 4.78 is 24.8. The Hall–Kier alpha value is -1.00. The molecule has 0 aliphatic heterocycles. The Kier molecular flexibility index (Phi) is 5.35. The van der Waals surface area contributed by atoms with Crippen molar-refractivity contribution in [3.05, 3.63) is 35.4 Å². The summed E-state index contributed by atoms with van der Waals surface area (Å²) in [5.41, 5.74) is 0.886. The lowest BCUT2D eigenvalue weighted by atomic mass is 10.1. The van der Waals surface area contributed by atoms with Crippen molar-refractivity contribution in [1.82, 2.24) is 5.32 Å². The van der Waals surface area contributed by atoms with Crippen LogP contribution in [0.2, 0.25) is 0 Å². The van der Waals surface area contributed by atoms with Crippen molar-refractivity contribution in [2.45, 2.75) is 32.4 Å². The Morgan fingerprint density at radius 1 is 1.38 bits per heavy atom. The number of aliphatic hydroxyl groups excluding tert-OH is 1. The molecule has 0 radical (unpaired) electrons. The van der Waals surface area contributed by atoms with Gasteiger partial charge in [0, 0.05) is 24.8 Å². The summed E-state index contributed by atoms with van der Waals surface area (Å²) in [6.45, 7) is 2.63. The average molecular weight is 229 g/mol. The molecular weight excluding hydrogens is 212 g/mol. The van der Waals surface area contributed by atoms with E-state index in [1.807, 2.05) is 13.0 Å². The maximum atomic E-state index is 12.4. The summed E-state index contributed by atoms with van der Waals surface area (Å²) in [4.78, 5) is 0. The van der Waals surface area contributed by atoms with Crippen LogP contribution in [0, 0.1) is 0 Å². The monoisotopic (exact) mass is 229 g/mol. The molecule has 0 heterocycles. The van der Waals surface area contributed by atoms with Crippen LogP contribution in [0.3, 0.4) is 0 Å². The van der Waals surface area contributed by atoms with Gasteiger partial charge < -0.3 is 10.4 Å². The molecule has 0 fully saturated rings. The zero-order chi connectivity index (χ0) is 12.0. The van der Waals surface area contributed by atoms with Crippen molar-refractivity contribution in [3.8, 4) is 0 Å². The molecule has 0 aromatic heterocycles. The van der Waals surface area contributed by atoms with Crippen LogP contribution in [-0.4, -0.2) is 17.8 Å². The maximum Gasteiger partial charge on any atom is 0.263 e. The molecule has 90 valence electrons. The van der Waals surface area contributed by atoms with E-state index in [9.17, 15) is 8.78 Å². The second kappa shape index (κ2) is 6.55. The standard InChI is InChI=1S/C12H17F2NO/c1-9(5-6-16)15-8-10-3-2-4-11(7-10)12(13)14/h2-4,7,9,12,15-16H,5-6,8H2,1H3. The lowest BCUT2D eigenvalue weighted by Crippen LogP contribution is -2.26. The van der Waals surface area contributed by atoms with E-state index >= 15 is 0 Å². The molecule has 4 heteroatoms. The SMILES string of the molecule is CC(CCO)NCc1cccc(C(F)F)c1. The minimum absolute atomic E-state index is 0.0501. The van der Waals surface area contributed by atoms with E-state index < -0.39 is 6.43 Å². The number of aliphatic hydroxyl groups is 1. The predicted octanol–water partition coefficient (Wildman–Crippen LogP) is 2.48. The minimum atomic E-state index is -2.42. The van der Waals surface area contributed by atoms with Gasteiger partial charge in [-0.15, -0.1) is 0 Å². The average Bonchev–Trinajstić information content (AvgIpc) is 2.27. The van der Waals surface area contributed by atoms with Gasteiger partial charge in [-0.1, -0.05) is 18.2 Å². The van der Waals surface area contributed by atoms with Gasteiger partial charge >= 0.3 is 0 Å². The molecular formula is C12H17F2NO. The molecule has 1 rings (SSSR count). The number of benzene rings is 1. The topological polar surface area (TPSA) is 32.3 Å². The summed E-state index contributed by atoms with van der Waals surface area (Å²) in [5.74, 6) is 0. The third-order valence-corrected chi connectivity index (χ3v) is 2.42. The minimum Gasteiger partial charge on any atom is -0.396 e. The van der Waals surface area contributed by atoms with Crippen LogP contribution in [0.25, 0.3) is 0 Å². The van der Waals surface area contributed by atoms with E-state index in [0.717, 1.165) is 5.56 Å². The third-order valence-electron chi connectivity index (χ3n) is 2.42. The summed E-state index contributed by atoms with van der Waals surface area (Å²) >= 11 is 0. The Morgan fingerprint density at radius 2 is 2.12 bits per heavy atom. The van der Waals surface area contributed by atoms with Gasteiger partial charge in [0.15, 0.2) is 0 Å². The van der Waals surface area contributed by atoms with Gasteiger partial charge in [-0.25, -0.2) is 8.78 Å². The number of halogens is 2.